The van der Waals surface area contributed by atoms with E-state index in [-0.39, 0.29) is 6.04 Å². The minimum atomic E-state index is 0.213. The molecule has 0 amide bonds. The van der Waals surface area contributed by atoms with Gasteiger partial charge in [-0.05, 0) is 29.5 Å². The molecule has 0 aliphatic carbocycles. The maximum atomic E-state index is 5.12. The molecule has 2 heteroatoms. The van der Waals surface area contributed by atoms with Gasteiger partial charge in [0.05, 0.1) is 18.6 Å². The zero-order valence-corrected chi connectivity index (χ0v) is 8.18. The zero-order valence-electron chi connectivity index (χ0n) is 8.18. The lowest BCUT2D eigenvalue weighted by Crippen LogP contribution is -2.19. The van der Waals surface area contributed by atoms with Crippen molar-refractivity contribution in [2.45, 2.75) is 6.04 Å². The predicted molar refractivity (Wildman–Crippen MR) is 59.2 cm³/mol. The molecule has 0 radical (unpaired) electrons. The molecular formula is C13H11NO. The first-order valence-electron chi connectivity index (χ1n) is 4.99. The van der Waals surface area contributed by atoms with Crippen LogP contribution < -0.4 is 5.32 Å². The first kappa shape index (κ1) is 8.36. The normalized spacial score (nSPS) is 18.3. The van der Waals surface area contributed by atoms with Crippen molar-refractivity contribution >= 4 is 6.08 Å². The molecule has 0 bridgehead atoms. The van der Waals surface area contributed by atoms with Gasteiger partial charge in [-0.3, -0.25) is 0 Å². The minimum absolute atomic E-state index is 0.213. The predicted octanol–water partition coefficient (Wildman–Crippen LogP) is 2.94. The highest BCUT2D eigenvalue weighted by Crippen LogP contribution is 2.28. The summed E-state index contributed by atoms with van der Waals surface area (Å²) in [7, 11) is 0. The van der Waals surface area contributed by atoms with E-state index >= 15 is 0 Å². The summed E-state index contributed by atoms with van der Waals surface area (Å²) in [5.41, 5.74) is 3.72. The Morgan fingerprint density at radius 2 is 2.07 bits per heavy atom. The molecule has 0 fully saturated rings. The van der Waals surface area contributed by atoms with Crippen LogP contribution in [0.25, 0.3) is 6.08 Å². The summed E-state index contributed by atoms with van der Waals surface area (Å²) >= 11 is 0. The fourth-order valence-electron chi connectivity index (χ4n) is 1.96. The van der Waals surface area contributed by atoms with Crippen LogP contribution in [0.3, 0.4) is 0 Å². The largest absolute Gasteiger partial charge is 0.472 e. The molecule has 0 spiro atoms. The van der Waals surface area contributed by atoms with E-state index in [0.29, 0.717) is 0 Å². The molecule has 0 saturated heterocycles. The molecule has 74 valence electrons. The third-order valence-corrected chi connectivity index (χ3v) is 2.71. The van der Waals surface area contributed by atoms with Gasteiger partial charge in [0, 0.05) is 5.56 Å². The highest BCUT2D eigenvalue weighted by molar-refractivity contribution is 5.58. The van der Waals surface area contributed by atoms with E-state index in [4.69, 9.17) is 4.42 Å². The van der Waals surface area contributed by atoms with Crippen molar-refractivity contribution in [3.05, 3.63) is 65.7 Å². The van der Waals surface area contributed by atoms with E-state index in [1.807, 2.05) is 12.3 Å². The summed E-state index contributed by atoms with van der Waals surface area (Å²) in [4.78, 5) is 0. The number of benzene rings is 1. The van der Waals surface area contributed by atoms with Crippen LogP contribution in [-0.4, -0.2) is 0 Å². The van der Waals surface area contributed by atoms with Gasteiger partial charge >= 0.3 is 0 Å². The van der Waals surface area contributed by atoms with Gasteiger partial charge in [0.15, 0.2) is 0 Å². The molecule has 1 aromatic heterocycles. The highest BCUT2D eigenvalue weighted by atomic mass is 16.3. The van der Waals surface area contributed by atoms with Gasteiger partial charge in [-0.2, -0.15) is 0 Å². The molecule has 2 aromatic rings. The number of nitrogens with one attached hydrogen (secondary N) is 1. The third-order valence-electron chi connectivity index (χ3n) is 2.71. The molecule has 0 saturated carbocycles. The van der Waals surface area contributed by atoms with Crippen molar-refractivity contribution in [2.24, 2.45) is 0 Å². The Morgan fingerprint density at radius 3 is 2.93 bits per heavy atom. The Hall–Kier alpha value is -1.96. The van der Waals surface area contributed by atoms with E-state index < -0.39 is 0 Å². The lowest BCUT2D eigenvalue weighted by Gasteiger charge is -2.22. The van der Waals surface area contributed by atoms with E-state index in [2.05, 4.69) is 35.7 Å². The second-order valence-electron chi connectivity index (χ2n) is 3.62. The van der Waals surface area contributed by atoms with Gasteiger partial charge in [-0.1, -0.05) is 24.3 Å². The van der Waals surface area contributed by atoms with Crippen LogP contribution in [-0.2, 0) is 0 Å². The van der Waals surface area contributed by atoms with Crippen molar-refractivity contribution in [3.63, 3.8) is 0 Å². The minimum Gasteiger partial charge on any atom is -0.472 e. The summed E-state index contributed by atoms with van der Waals surface area (Å²) in [5.74, 6) is 0. The lowest BCUT2D eigenvalue weighted by atomic mass is 9.94. The van der Waals surface area contributed by atoms with E-state index in [0.717, 1.165) is 5.56 Å². The molecular weight excluding hydrogens is 186 g/mol. The summed E-state index contributed by atoms with van der Waals surface area (Å²) in [5, 5.41) is 3.34. The topological polar surface area (TPSA) is 25.2 Å². The fraction of sp³-hybridized carbons (Fsp3) is 0.0769. The number of hydrogen-bond donors (Lipinski definition) is 1. The number of fused-ring (bicyclic) bond motifs is 1. The summed E-state index contributed by atoms with van der Waals surface area (Å²) < 4.78 is 5.12. The maximum Gasteiger partial charge on any atom is 0.0958 e. The number of furan rings is 1. The van der Waals surface area contributed by atoms with Gasteiger partial charge in [0.2, 0.25) is 0 Å². The van der Waals surface area contributed by atoms with Crippen molar-refractivity contribution in [1.29, 1.82) is 0 Å². The molecule has 1 aliphatic rings. The van der Waals surface area contributed by atoms with Crippen LogP contribution >= 0.6 is 0 Å². The summed E-state index contributed by atoms with van der Waals surface area (Å²) in [6, 6.07) is 10.6. The second-order valence-corrected chi connectivity index (χ2v) is 3.62. The van der Waals surface area contributed by atoms with Crippen molar-refractivity contribution in [2.75, 3.05) is 0 Å². The van der Waals surface area contributed by atoms with Crippen LogP contribution in [0.4, 0.5) is 0 Å². The molecule has 1 aromatic carbocycles. The molecule has 15 heavy (non-hydrogen) atoms. The third kappa shape index (κ3) is 1.34. The molecule has 2 nitrogen and oxygen atoms in total. The summed E-state index contributed by atoms with van der Waals surface area (Å²) in [6.07, 6.45) is 7.57. The first-order valence-corrected chi connectivity index (χ1v) is 4.99. The van der Waals surface area contributed by atoms with Crippen LogP contribution in [0, 0.1) is 0 Å². The van der Waals surface area contributed by atoms with Crippen molar-refractivity contribution < 1.29 is 4.42 Å². The van der Waals surface area contributed by atoms with Gasteiger partial charge in [-0.15, -0.1) is 0 Å². The molecule has 0 unspecified atom stereocenters. The van der Waals surface area contributed by atoms with E-state index in [1.165, 1.54) is 11.1 Å². The lowest BCUT2D eigenvalue weighted by molar-refractivity contribution is 0.558. The van der Waals surface area contributed by atoms with E-state index in [9.17, 15) is 0 Å². The van der Waals surface area contributed by atoms with Crippen LogP contribution in [0.1, 0.15) is 22.7 Å². The smallest absolute Gasteiger partial charge is 0.0958 e. The molecule has 1 aliphatic heterocycles. The quantitative estimate of drug-likeness (QED) is 0.760. The van der Waals surface area contributed by atoms with Gasteiger partial charge in [0.25, 0.3) is 0 Å². The monoisotopic (exact) mass is 197 g/mol. The SMILES string of the molecule is C1=Cc2ccccc2[C@H](c2ccoc2)N1. The van der Waals surface area contributed by atoms with Crippen LogP contribution in [0.5, 0.6) is 0 Å². The van der Waals surface area contributed by atoms with Gasteiger partial charge in [-0.25, -0.2) is 0 Å². The average Bonchev–Trinajstić information content (AvgIpc) is 2.82. The molecule has 1 N–H and O–H groups in total. The first-order chi connectivity index (χ1) is 7.45. The second kappa shape index (κ2) is 3.31. The zero-order chi connectivity index (χ0) is 10.1. The number of hydrogen-bond acceptors (Lipinski definition) is 2. The van der Waals surface area contributed by atoms with Crippen molar-refractivity contribution in [3.8, 4) is 0 Å². The molecule has 2 heterocycles. The Kier molecular flexibility index (Phi) is 1.85. The Bertz CT molecular complexity index is 485. The summed E-state index contributed by atoms with van der Waals surface area (Å²) in [6.45, 7) is 0. The van der Waals surface area contributed by atoms with Crippen LogP contribution in [0.15, 0.2) is 53.5 Å². The number of rotatable bonds is 1. The van der Waals surface area contributed by atoms with Crippen molar-refractivity contribution in [1.82, 2.24) is 5.32 Å². The Morgan fingerprint density at radius 1 is 1.13 bits per heavy atom. The molecule has 1 atom stereocenters. The standard InChI is InChI=1S/C13H11NO/c1-2-4-12-10(3-1)5-7-14-13(12)11-6-8-15-9-11/h1-9,13-14H/t13-/m0/s1. The van der Waals surface area contributed by atoms with Gasteiger partial charge in [0.1, 0.15) is 0 Å². The Labute approximate surface area is 88.2 Å². The highest BCUT2D eigenvalue weighted by Gasteiger charge is 2.18. The average molecular weight is 197 g/mol. The van der Waals surface area contributed by atoms with E-state index in [1.54, 1.807) is 12.5 Å². The maximum absolute atomic E-state index is 5.12. The van der Waals surface area contributed by atoms with Crippen LogP contribution in [0.2, 0.25) is 0 Å². The fourth-order valence-corrected chi connectivity index (χ4v) is 1.96. The van der Waals surface area contributed by atoms with Gasteiger partial charge < -0.3 is 9.73 Å². The molecule has 3 rings (SSSR count). The Balaban J connectivity index is 2.10.